The number of benzene rings is 4. The Labute approximate surface area is 379 Å². The number of nitrogens with one attached hydrogen (secondary N) is 1. The molecule has 2 saturated heterocycles. The zero-order valence-electron chi connectivity index (χ0n) is 36.7. The van der Waals surface area contributed by atoms with E-state index in [2.05, 4.69) is 21.2 Å². The maximum atomic E-state index is 15.1. The van der Waals surface area contributed by atoms with Crippen LogP contribution in [0.1, 0.15) is 74.3 Å². The van der Waals surface area contributed by atoms with Crippen molar-refractivity contribution >= 4 is 29.9 Å². The van der Waals surface area contributed by atoms with Gasteiger partial charge in [0.25, 0.3) is 0 Å². The van der Waals surface area contributed by atoms with Crippen LogP contribution in [0.15, 0.2) is 48.5 Å². The number of piperazine rings is 1. The van der Waals surface area contributed by atoms with Crippen molar-refractivity contribution in [3.05, 3.63) is 98.6 Å². The van der Waals surface area contributed by atoms with E-state index < -0.39 is 53.1 Å². The van der Waals surface area contributed by atoms with Gasteiger partial charge in [0.15, 0.2) is 40.0 Å². The van der Waals surface area contributed by atoms with Crippen LogP contribution in [0, 0.1) is 25.2 Å². The van der Waals surface area contributed by atoms with Crippen LogP contribution in [0.5, 0.6) is 40.2 Å². The van der Waals surface area contributed by atoms with Gasteiger partial charge in [0.1, 0.15) is 25.0 Å². The lowest BCUT2D eigenvalue weighted by molar-refractivity contribution is -0.157. The van der Waals surface area contributed by atoms with Gasteiger partial charge < -0.3 is 43.0 Å². The summed E-state index contributed by atoms with van der Waals surface area (Å²) in [5.41, 5.74) is 4.85. The minimum absolute atomic E-state index is 0.0121. The Morgan fingerprint density at radius 2 is 1.77 bits per heavy atom. The van der Waals surface area contributed by atoms with Crippen molar-refractivity contribution in [3.63, 3.8) is 0 Å². The highest BCUT2D eigenvalue weighted by Gasteiger charge is 2.62. The Balaban J connectivity index is 1.14. The fourth-order valence-electron chi connectivity index (χ4n) is 11.1. The van der Waals surface area contributed by atoms with E-state index in [0.29, 0.717) is 70.2 Å². The lowest BCUT2D eigenvalue weighted by Crippen LogP contribution is -2.69. The summed E-state index contributed by atoms with van der Waals surface area (Å²) in [7, 11) is 4.96. The van der Waals surface area contributed by atoms with Crippen molar-refractivity contribution in [1.82, 2.24) is 15.1 Å². The first-order valence-electron chi connectivity index (χ1n) is 21.5. The average molecular weight is 905 g/mol. The highest BCUT2D eigenvalue weighted by molar-refractivity contribution is 7.99. The number of aryl methyl sites for hydroxylation is 1. The third-order valence-electron chi connectivity index (χ3n) is 13.8. The quantitative estimate of drug-likeness (QED) is 0.130. The van der Waals surface area contributed by atoms with E-state index in [9.17, 15) is 20.0 Å². The van der Waals surface area contributed by atoms with Gasteiger partial charge in [-0.05, 0) is 73.7 Å². The van der Waals surface area contributed by atoms with E-state index in [4.69, 9.17) is 37.9 Å². The van der Waals surface area contributed by atoms with Crippen LogP contribution < -0.4 is 33.7 Å². The molecule has 4 bridgehead atoms. The van der Waals surface area contributed by atoms with Crippen LogP contribution in [0.2, 0.25) is 0 Å². The van der Waals surface area contributed by atoms with Crippen molar-refractivity contribution in [2.45, 2.75) is 81.2 Å². The monoisotopic (exact) mass is 904 g/mol. The molecule has 0 aromatic heterocycles. The van der Waals surface area contributed by atoms with E-state index in [1.807, 2.05) is 57.3 Å². The SMILES string of the molecule is COc1cc2c(cc1OC(=O)OCc1ccccc1)CCN[C@]21CS[C@@H]2c3c(OC(C)=O)c(C)c4c(c3[C@H](COC1=O)N1C2[C@H]2c3c(cc(C)c(OC)c3O)C[C@@H]([C@@H]1C#N)N2C)OCO4. The van der Waals surface area contributed by atoms with Gasteiger partial charge in [0.2, 0.25) is 6.79 Å². The number of fused-ring (bicyclic) bond motifs is 9. The average Bonchev–Trinajstić information content (AvgIpc) is 3.79. The summed E-state index contributed by atoms with van der Waals surface area (Å²) >= 11 is 1.45. The number of aromatic hydroxyl groups is 1. The van der Waals surface area contributed by atoms with Crippen molar-refractivity contribution in [2.24, 2.45) is 0 Å². The molecule has 7 heterocycles. The summed E-state index contributed by atoms with van der Waals surface area (Å²) in [5, 5.41) is 26.3. The van der Waals surface area contributed by atoms with E-state index in [0.717, 1.165) is 22.3 Å². The Kier molecular flexibility index (Phi) is 10.8. The molecule has 1 unspecified atom stereocenters. The lowest BCUT2D eigenvalue weighted by atomic mass is 9.71. The maximum Gasteiger partial charge on any atom is 0.514 e. The van der Waals surface area contributed by atoms with E-state index in [-0.39, 0.29) is 49.0 Å². The zero-order valence-corrected chi connectivity index (χ0v) is 37.5. The van der Waals surface area contributed by atoms with Crippen LogP contribution in [0.4, 0.5) is 4.79 Å². The molecule has 4 aromatic carbocycles. The highest BCUT2D eigenvalue weighted by Crippen LogP contribution is 2.64. The normalized spacial score (nSPS) is 26.1. The third-order valence-corrected chi connectivity index (χ3v) is 15.3. The fourth-order valence-corrected chi connectivity index (χ4v) is 12.8. The molecule has 7 aliphatic rings. The predicted octanol–water partition coefficient (Wildman–Crippen LogP) is 6.00. The first-order chi connectivity index (χ1) is 31.4. The fraction of sp³-hybridized carbons (Fsp3) is 0.417. The molecule has 0 radical (unpaired) electrons. The van der Waals surface area contributed by atoms with Gasteiger partial charge in [0.05, 0.1) is 37.6 Å². The Hall–Kier alpha value is -6.19. The van der Waals surface area contributed by atoms with E-state index in [1.165, 1.54) is 32.9 Å². The smallest absolute Gasteiger partial charge is 0.504 e. The molecule has 0 saturated carbocycles. The number of thioether (sulfide) groups is 1. The second-order valence-electron chi connectivity index (χ2n) is 17.2. The minimum atomic E-state index is -1.46. The summed E-state index contributed by atoms with van der Waals surface area (Å²) in [6.45, 7) is 5.13. The van der Waals surface area contributed by atoms with Gasteiger partial charge in [-0.25, -0.2) is 9.59 Å². The number of ether oxygens (including phenoxy) is 8. The van der Waals surface area contributed by atoms with Gasteiger partial charge in [-0.1, -0.05) is 36.4 Å². The molecule has 4 aromatic rings. The van der Waals surface area contributed by atoms with Crippen LogP contribution in [-0.2, 0) is 44.1 Å². The second kappa shape index (κ2) is 16.4. The summed E-state index contributed by atoms with van der Waals surface area (Å²) in [5.74, 6) is 0.862. The number of carbonyl (C=O) groups is 3. The summed E-state index contributed by atoms with van der Waals surface area (Å²) in [6.07, 6.45) is 0.0297. The molecule has 0 amide bonds. The van der Waals surface area contributed by atoms with Crippen LogP contribution >= 0.6 is 11.8 Å². The first-order valence-corrected chi connectivity index (χ1v) is 22.5. The number of carbonyl (C=O) groups excluding carboxylic acids is 3. The van der Waals surface area contributed by atoms with Crippen molar-refractivity contribution in [1.29, 1.82) is 5.26 Å². The number of hydrogen-bond donors (Lipinski definition) is 2. The first kappa shape index (κ1) is 42.7. The molecule has 16 nitrogen and oxygen atoms in total. The zero-order chi connectivity index (χ0) is 45.5. The Bertz CT molecular complexity index is 2690. The van der Waals surface area contributed by atoms with Gasteiger partial charge in [0, 0.05) is 53.6 Å². The number of nitrogens with zero attached hydrogens (tertiary/aromatic N) is 3. The largest absolute Gasteiger partial charge is 0.514 e. The minimum Gasteiger partial charge on any atom is -0.504 e. The van der Waals surface area contributed by atoms with Gasteiger partial charge in [-0.15, -0.1) is 11.8 Å². The molecule has 1 spiro atoms. The van der Waals surface area contributed by atoms with Crippen LogP contribution in [0.25, 0.3) is 0 Å². The van der Waals surface area contributed by atoms with Gasteiger partial charge in [-0.3, -0.25) is 19.9 Å². The standard InChI is InChI=1S/C48H48N4O12S/c1-23-14-28-15-30-31(18-49)52-32-20-59-46(55)48(29-17-33(57-5)34(16-27(29)12-13-50-48)64-47(56)60-19-26-10-8-7-9-11-26)21-65-45(39(52)38(51(30)4)35(28)40(54)41(23)58-6)37-36(32)44-43(61-22-62-44)24(2)42(37)63-25(3)53/h7-11,14,16-17,30-32,38-39,45,50,54H,12-13,15,19-22H2,1-6H3/t30-,31-,32-,38+,39?,45+,48+/m0/s1. The molecular formula is C48H48N4O12S. The number of hydrogen-bond acceptors (Lipinski definition) is 17. The maximum absolute atomic E-state index is 15.1. The highest BCUT2D eigenvalue weighted by atomic mass is 32.2. The molecule has 2 fully saturated rings. The van der Waals surface area contributed by atoms with Crippen molar-refractivity contribution in [2.75, 3.05) is 47.0 Å². The molecule has 65 heavy (non-hydrogen) atoms. The summed E-state index contributed by atoms with van der Waals surface area (Å²) in [4.78, 5) is 45.5. The number of esters is 2. The van der Waals surface area contributed by atoms with Crippen molar-refractivity contribution in [3.8, 4) is 46.3 Å². The number of likely N-dealkylation sites (N-methyl/N-ethyl adjacent to an activating group) is 1. The molecule has 2 N–H and O–H groups in total. The van der Waals surface area contributed by atoms with Crippen molar-refractivity contribution < 1.29 is 57.4 Å². The van der Waals surface area contributed by atoms with Gasteiger partial charge in [-0.2, -0.15) is 5.26 Å². The molecule has 0 aliphatic carbocycles. The lowest BCUT2D eigenvalue weighted by Gasteiger charge is -2.62. The molecule has 11 rings (SSSR count). The number of rotatable bonds is 6. The number of nitriles is 1. The van der Waals surface area contributed by atoms with E-state index in [1.54, 1.807) is 12.1 Å². The van der Waals surface area contributed by atoms with Crippen LogP contribution in [-0.4, -0.2) is 98.1 Å². The third kappa shape index (κ3) is 6.63. The molecule has 7 aliphatic heterocycles. The Morgan fingerprint density at radius 3 is 2.51 bits per heavy atom. The van der Waals surface area contributed by atoms with Gasteiger partial charge >= 0.3 is 18.1 Å². The number of methoxy groups -OCH3 is 2. The summed E-state index contributed by atoms with van der Waals surface area (Å²) < 4.78 is 47.8. The second-order valence-corrected chi connectivity index (χ2v) is 18.3. The molecule has 7 atom stereocenters. The Morgan fingerprint density at radius 1 is 0.985 bits per heavy atom. The molecular weight excluding hydrogens is 857 g/mol. The van der Waals surface area contributed by atoms with Crippen LogP contribution in [0.3, 0.4) is 0 Å². The van der Waals surface area contributed by atoms with E-state index >= 15 is 4.79 Å². The number of phenolic OH excluding ortho intramolecular Hbond substituents is 1. The predicted molar refractivity (Wildman–Crippen MR) is 234 cm³/mol. The summed E-state index contributed by atoms with van der Waals surface area (Å²) in [6, 6.07) is 14.4. The number of phenols is 1. The molecule has 17 heteroatoms. The molecule has 338 valence electrons. The topological polar surface area (TPSA) is 188 Å².